The van der Waals surface area contributed by atoms with Gasteiger partial charge in [0.1, 0.15) is 23.6 Å². The molecule has 30 heavy (non-hydrogen) atoms. The summed E-state index contributed by atoms with van der Waals surface area (Å²) in [7, 11) is 0. The van der Waals surface area contributed by atoms with Gasteiger partial charge in [-0.25, -0.2) is 13.2 Å². The molecule has 0 bridgehead atoms. The van der Waals surface area contributed by atoms with Gasteiger partial charge in [0.25, 0.3) is 0 Å². The average Bonchev–Trinajstić information content (AvgIpc) is 3.58. The standard InChI is InChI=1S/C23H25F3N4/c1-14-23-20(6-9-27-14)28-13-21(30(23)17-3-4-17)29-10-7-15(8-11-29)22(26)18-5-2-16(24)12-19(18)25/h2,5-6,9,12-13,15,17,22,28H,3-4,7-8,10-11H2,1H3. The smallest absolute Gasteiger partial charge is 0.132 e. The van der Waals surface area contributed by atoms with Crippen molar-refractivity contribution in [2.45, 2.75) is 44.8 Å². The van der Waals surface area contributed by atoms with Crippen LogP contribution in [-0.4, -0.2) is 29.0 Å². The maximum Gasteiger partial charge on any atom is 0.132 e. The molecule has 1 saturated carbocycles. The lowest BCUT2D eigenvalue weighted by molar-refractivity contribution is 0.135. The molecule has 3 heterocycles. The number of nitrogens with one attached hydrogen (secondary N) is 1. The van der Waals surface area contributed by atoms with Crippen LogP contribution in [0.15, 0.2) is 42.5 Å². The Labute approximate surface area is 174 Å². The van der Waals surface area contributed by atoms with Crippen LogP contribution in [0.2, 0.25) is 0 Å². The van der Waals surface area contributed by atoms with Crippen molar-refractivity contribution in [1.29, 1.82) is 0 Å². The molecule has 2 aliphatic heterocycles. The van der Waals surface area contributed by atoms with Gasteiger partial charge in [-0.1, -0.05) is 6.07 Å². The van der Waals surface area contributed by atoms with E-state index in [-0.39, 0.29) is 11.5 Å². The minimum Gasteiger partial charge on any atom is -0.357 e. The molecule has 1 N–H and O–H groups in total. The SMILES string of the molecule is Cc1nccc2c1N(C1CC1)C(N1CCC(C(F)c3ccc(F)cc3F)CC1)=CN2. The lowest BCUT2D eigenvalue weighted by Gasteiger charge is -2.43. The monoisotopic (exact) mass is 414 g/mol. The highest BCUT2D eigenvalue weighted by Crippen LogP contribution is 2.44. The molecule has 1 atom stereocenters. The molecule has 158 valence electrons. The Bertz CT molecular complexity index is 980. The first kappa shape index (κ1) is 19.3. The lowest BCUT2D eigenvalue weighted by Crippen LogP contribution is -2.44. The van der Waals surface area contributed by atoms with Gasteiger partial charge >= 0.3 is 0 Å². The number of anilines is 2. The zero-order chi connectivity index (χ0) is 20.8. The van der Waals surface area contributed by atoms with Crippen molar-refractivity contribution >= 4 is 11.4 Å². The van der Waals surface area contributed by atoms with Crippen LogP contribution in [0.3, 0.4) is 0 Å². The van der Waals surface area contributed by atoms with Gasteiger partial charge in [0.15, 0.2) is 0 Å². The second-order valence-electron chi connectivity index (χ2n) is 8.43. The fourth-order valence-corrected chi connectivity index (χ4v) is 4.65. The van der Waals surface area contributed by atoms with Gasteiger partial charge in [-0.15, -0.1) is 0 Å². The number of pyridine rings is 1. The van der Waals surface area contributed by atoms with Crippen molar-refractivity contribution < 1.29 is 13.2 Å². The molecule has 3 aliphatic rings. The van der Waals surface area contributed by atoms with Gasteiger partial charge in [0, 0.05) is 43.2 Å². The van der Waals surface area contributed by atoms with Crippen LogP contribution in [0.4, 0.5) is 24.5 Å². The predicted octanol–water partition coefficient (Wildman–Crippen LogP) is 5.28. The number of benzene rings is 1. The second-order valence-corrected chi connectivity index (χ2v) is 8.43. The number of rotatable bonds is 4. The van der Waals surface area contributed by atoms with Crippen LogP contribution in [-0.2, 0) is 0 Å². The van der Waals surface area contributed by atoms with E-state index in [1.165, 1.54) is 6.07 Å². The van der Waals surface area contributed by atoms with Crippen LogP contribution in [0.5, 0.6) is 0 Å². The molecular weight excluding hydrogens is 389 g/mol. The van der Waals surface area contributed by atoms with Gasteiger partial charge in [-0.05, 0) is 50.7 Å². The van der Waals surface area contributed by atoms with Gasteiger partial charge in [-0.3, -0.25) is 4.98 Å². The number of aromatic nitrogens is 1. The molecule has 0 amide bonds. The fourth-order valence-electron chi connectivity index (χ4n) is 4.65. The minimum absolute atomic E-state index is 0.0383. The fraction of sp³-hybridized carbons (Fsp3) is 0.435. The number of hydrogen-bond donors (Lipinski definition) is 1. The van der Waals surface area contributed by atoms with E-state index in [9.17, 15) is 8.78 Å². The summed E-state index contributed by atoms with van der Waals surface area (Å²) < 4.78 is 42.2. The normalized spacial score (nSPS) is 20.5. The van der Waals surface area contributed by atoms with Gasteiger partial charge in [0.2, 0.25) is 0 Å². The first-order valence-electron chi connectivity index (χ1n) is 10.6. The number of alkyl halides is 1. The summed E-state index contributed by atoms with van der Waals surface area (Å²) in [4.78, 5) is 9.14. The van der Waals surface area contributed by atoms with Crippen LogP contribution >= 0.6 is 0 Å². The number of piperidine rings is 1. The maximum absolute atomic E-state index is 15.0. The summed E-state index contributed by atoms with van der Waals surface area (Å²) in [6.07, 6.45) is 5.97. The van der Waals surface area contributed by atoms with Crippen LogP contribution in [0.25, 0.3) is 0 Å². The van der Waals surface area contributed by atoms with Crippen LogP contribution in [0, 0.1) is 24.5 Å². The maximum atomic E-state index is 15.0. The van der Waals surface area contributed by atoms with E-state index in [1.807, 2.05) is 25.4 Å². The number of aryl methyl sites for hydroxylation is 1. The zero-order valence-electron chi connectivity index (χ0n) is 16.9. The zero-order valence-corrected chi connectivity index (χ0v) is 16.9. The van der Waals surface area contributed by atoms with Crippen molar-refractivity contribution in [2.24, 2.45) is 5.92 Å². The Balaban J connectivity index is 1.32. The van der Waals surface area contributed by atoms with E-state index in [1.54, 1.807) is 0 Å². The topological polar surface area (TPSA) is 31.4 Å². The van der Waals surface area contributed by atoms with E-state index in [0.29, 0.717) is 32.0 Å². The van der Waals surface area contributed by atoms with E-state index in [2.05, 4.69) is 20.1 Å². The van der Waals surface area contributed by atoms with E-state index in [0.717, 1.165) is 47.9 Å². The third kappa shape index (κ3) is 3.40. The molecule has 1 aliphatic carbocycles. The number of hydrogen-bond acceptors (Lipinski definition) is 4. The van der Waals surface area contributed by atoms with Crippen molar-refractivity contribution in [2.75, 3.05) is 23.3 Å². The molecule has 1 saturated heterocycles. The molecule has 2 aromatic rings. The molecule has 1 aromatic carbocycles. The number of likely N-dealkylation sites (tertiary alicyclic amines) is 1. The molecular formula is C23H25F3N4. The Hall–Kier alpha value is -2.70. The Morgan fingerprint density at radius 3 is 2.57 bits per heavy atom. The third-order valence-electron chi connectivity index (χ3n) is 6.40. The predicted molar refractivity (Wildman–Crippen MR) is 111 cm³/mol. The summed E-state index contributed by atoms with van der Waals surface area (Å²) in [5.41, 5.74) is 3.13. The molecule has 1 aromatic heterocycles. The molecule has 1 unspecified atom stereocenters. The molecule has 7 heteroatoms. The second kappa shape index (κ2) is 7.52. The summed E-state index contributed by atoms with van der Waals surface area (Å²) in [5.74, 6) is -0.657. The van der Waals surface area contributed by atoms with Gasteiger partial charge in [0.05, 0.1) is 17.1 Å². The summed E-state index contributed by atoms with van der Waals surface area (Å²) in [5, 5.41) is 3.39. The van der Waals surface area contributed by atoms with Crippen molar-refractivity contribution in [3.63, 3.8) is 0 Å². The van der Waals surface area contributed by atoms with Crippen LogP contribution in [0.1, 0.15) is 43.1 Å². The molecule has 2 fully saturated rings. The molecule has 4 nitrogen and oxygen atoms in total. The summed E-state index contributed by atoms with van der Waals surface area (Å²) in [6.45, 7) is 3.41. The van der Waals surface area contributed by atoms with Crippen molar-refractivity contribution in [1.82, 2.24) is 9.88 Å². The summed E-state index contributed by atoms with van der Waals surface area (Å²) in [6, 6.07) is 5.58. The van der Waals surface area contributed by atoms with Gasteiger partial charge in [-0.2, -0.15) is 0 Å². The van der Waals surface area contributed by atoms with E-state index >= 15 is 4.39 Å². The summed E-state index contributed by atoms with van der Waals surface area (Å²) >= 11 is 0. The third-order valence-corrected chi connectivity index (χ3v) is 6.40. The number of nitrogens with zero attached hydrogens (tertiary/aromatic N) is 3. The molecule has 5 rings (SSSR count). The Morgan fingerprint density at radius 1 is 1.10 bits per heavy atom. The Morgan fingerprint density at radius 2 is 1.87 bits per heavy atom. The minimum atomic E-state index is -1.42. The highest BCUT2D eigenvalue weighted by atomic mass is 19.1. The average molecular weight is 414 g/mol. The van der Waals surface area contributed by atoms with E-state index < -0.39 is 17.8 Å². The largest absolute Gasteiger partial charge is 0.357 e. The van der Waals surface area contributed by atoms with E-state index in [4.69, 9.17) is 0 Å². The first-order chi connectivity index (χ1) is 14.5. The van der Waals surface area contributed by atoms with Crippen molar-refractivity contribution in [3.8, 4) is 0 Å². The van der Waals surface area contributed by atoms with Gasteiger partial charge < -0.3 is 15.1 Å². The van der Waals surface area contributed by atoms with Crippen LogP contribution < -0.4 is 10.2 Å². The highest BCUT2D eigenvalue weighted by molar-refractivity contribution is 5.78. The Kier molecular flexibility index (Phi) is 4.83. The lowest BCUT2D eigenvalue weighted by atomic mass is 9.88. The molecule has 0 radical (unpaired) electrons. The quantitative estimate of drug-likeness (QED) is 0.737. The number of fused-ring (bicyclic) bond motifs is 1. The first-order valence-corrected chi connectivity index (χ1v) is 10.6. The van der Waals surface area contributed by atoms with Crippen molar-refractivity contribution in [3.05, 3.63) is 65.4 Å². The highest BCUT2D eigenvalue weighted by Gasteiger charge is 2.39. The number of halogens is 3. The molecule has 0 spiro atoms.